The molecule has 0 spiro atoms. The Kier molecular flexibility index (Phi) is 7.62. The summed E-state index contributed by atoms with van der Waals surface area (Å²) in [6.45, 7) is 7.27. The Morgan fingerprint density at radius 2 is 1.93 bits per heavy atom. The van der Waals surface area contributed by atoms with Crippen molar-refractivity contribution < 1.29 is 4.79 Å². The minimum atomic E-state index is -0.154. The number of anilines is 1. The van der Waals surface area contributed by atoms with Gasteiger partial charge in [0.25, 0.3) is 0 Å². The normalized spacial score (nSPS) is 11.2. The van der Waals surface area contributed by atoms with E-state index in [2.05, 4.69) is 52.3 Å². The highest BCUT2D eigenvalue weighted by Gasteiger charge is 2.17. The third kappa shape index (κ3) is 5.75. The molecule has 154 valence electrons. The number of hydrogen-bond donors (Lipinski definition) is 1. The molecule has 0 saturated heterocycles. The van der Waals surface area contributed by atoms with Crippen LogP contribution in [0.25, 0.3) is 11.4 Å². The summed E-state index contributed by atoms with van der Waals surface area (Å²) in [5, 5.41) is 15.3. The highest BCUT2D eigenvalue weighted by Crippen LogP contribution is 2.31. The van der Waals surface area contributed by atoms with E-state index in [9.17, 15) is 4.79 Å². The van der Waals surface area contributed by atoms with Crippen LogP contribution in [0.3, 0.4) is 0 Å². The van der Waals surface area contributed by atoms with E-state index in [1.165, 1.54) is 16.6 Å². The van der Waals surface area contributed by atoms with E-state index in [1.807, 2.05) is 0 Å². The number of nitrogens with one attached hydrogen (secondary N) is 1. The first-order valence-electron chi connectivity index (χ1n) is 9.28. The van der Waals surface area contributed by atoms with Gasteiger partial charge in [0.2, 0.25) is 5.91 Å². The highest BCUT2D eigenvalue weighted by atomic mass is 35.5. The van der Waals surface area contributed by atoms with Crippen molar-refractivity contribution in [3.8, 4) is 11.4 Å². The van der Waals surface area contributed by atoms with Crippen LogP contribution in [0.5, 0.6) is 0 Å². The van der Waals surface area contributed by atoms with Crippen molar-refractivity contribution in [2.45, 2.75) is 44.8 Å². The Morgan fingerprint density at radius 1 is 1.21 bits per heavy atom. The fraction of sp³-hybridized carbons (Fsp3) is 0.350. The maximum atomic E-state index is 12.4. The van der Waals surface area contributed by atoms with Gasteiger partial charge in [-0.05, 0) is 36.6 Å². The number of nitrogens with zero attached hydrogens (tertiary/aromatic N) is 3. The molecule has 0 radical (unpaired) electrons. The molecule has 1 N–H and O–H groups in total. The molecule has 1 amide bonds. The summed E-state index contributed by atoms with van der Waals surface area (Å²) < 4.78 is 2.08. The summed E-state index contributed by atoms with van der Waals surface area (Å²) >= 11 is 15.1. The molecule has 0 fully saturated rings. The summed E-state index contributed by atoms with van der Waals surface area (Å²) in [6, 6.07) is 7.13. The van der Waals surface area contributed by atoms with Gasteiger partial charge < -0.3 is 9.88 Å². The van der Waals surface area contributed by atoms with Crippen LogP contribution in [0.2, 0.25) is 10.0 Å². The van der Waals surface area contributed by atoms with E-state index in [4.69, 9.17) is 23.2 Å². The molecule has 1 aromatic carbocycles. The molecule has 0 saturated carbocycles. The lowest BCUT2D eigenvalue weighted by Gasteiger charge is -2.09. The topological polar surface area (TPSA) is 59.8 Å². The van der Waals surface area contributed by atoms with Gasteiger partial charge in [-0.2, -0.15) is 0 Å². The number of rotatable bonds is 8. The van der Waals surface area contributed by atoms with Crippen molar-refractivity contribution in [3.63, 3.8) is 0 Å². The van der Waals surface area contributed by atoms with Gasteiger partial charge in [-0.1, -0.05) is 55.7 Å². The molecule has 3 aromatic rings. The molecule has 0 atom stereocenters. The van der Waals surface area contributed by atoms with Gasteiger partial charge in [0.1, 0.15) is 0 Å². The van der Waals surface area contributed by atoms with Crippen molar-refractivity contribution in [2.24, 2.45) is 0 Å². The fourth-order valence-electron chi connectivity index (χ4n) is 2.76. The van der Waals surface area contributed by atoms with Crippen molar-refractivity contribution in [2.75, 3.05) is 11.1 Å². The number of carbonyl (C=O) groups is 1. The van der Waals surface area contributed by atoms with Gasteiger partial charge in [0.05, 0.1) is 5.75 Å². The summed E-state index contributed by atoms with van der Waals surface area (Å²) in [7, 11) is 0. The zero-order valence-electron chi connectivity index (χ0n) is 16.4. The SMILES string of the molecule is CCCn1c(SCC(=O)Nc2cc(Cl)cc(Cl)c2)nnc1-c1csc(C(C)C)c1. The Bertz CT molecular complexity index is 980. The maximum Gasteiger partial charge on any atom is 0.234 e. The van der Waals surface area contributed by atoms with Gasteiger partial charge >= 0.3 is 0 Å². The van der Waals surface area contributed by atoms with Gasteiger partial charge in [0, 0.05) is 38.1 Å². The van der Waals surface area contributed by atoms with Crippen molar-refractivity contribution >= 4 is 57.9 Å². The quantitative estimate of drug-likeness (QED) is 0.379. The number of carbonyl (C=O) groups excluding carboxylic acids is 1. The molecule has 3 rings (SSSR count). The van der Waals surface area contributed by atoms with Crippen molar-refractivity contribution in [1.82, 2.24) is 14.8 Å². The van der Waals surface area contributed by atoms with Gasteiger partial charge in [-0.15, -0.1) is 21.5 Å². The number of aromatic nitrogens is 3. The van der Waals surface area contributed by atoms with E-state index in [0.717, 1.165) is 29.5 Å². The van der Waals surface area contributed by atoms with E-state index in [-0.39, 0.29) is 11.7 Å². The lowest BCUT2D eigenvalue weighted by Crippen LogP contribution is -2.14. The average Bonchev–Trinajstić information content (AvgIpc) is 3.26. The minimum absolute atomic E-state index is 0.154. The first kappa shape index (κ1) is 22.2. The molecule has 2 aromatic heterocycles. The molecule has 5 nitrogen and oxygen atoms in total. The van der Waals surface area contributed by atoms with Crippen LogP contribution >= 0.6 is 46.3 Å². The average molecular weight is 469 g/mol. The standard InChI is InChI=1S/C20H22Cl2N4OS2/c1-4-5-26-19(13-6-17(12(2)3)28-10-13)24-25-20(26)29-11-18(27)23-16-8-14(21)7-15(22)9-16/h6-10,12H,4-5,11H2,1-3H3,(H,23,27). The van der Waals surface area contributed by atoms with E-state index < -0.39 is 0 Å². The van der Waals surface area contributed by atoms with Gasteiger partial charge in [-0.25, -0.2) is 0 Å². The molecule has 0 aliphatic rings. The number of benzene rings is 1. The zero-order chi connectivity index (χ0) is 21.0. The van der Waals surface area contributed by atoms with Gasteiger partial charge in [-0.3, -0.25) is 4.79 Å². The third-order valence-electron chi connectivity index (χ3n) is 4.09. The fourth-order valence-corrected chi connectivity index (χ4v) is 4.95. The molecular formula is C20H22Cl2N4OS2. The second-order valence-corrected chi connectivity index (χ2v) is 9.60. The number of amides is 1. The third-order valence-corrected chi connectivity index (χ3v) is 6.73. The first-order chi connectivity index (χ1) is 13.9. The van der Waals surface area contributed by atoms with E-state index in [0.29, 0.717) is 21.7 Å². The van der Waals surface area contributed by atoms with Crippen LogP contribution in [-0.4, -0.2) is 26.4 Å². The van der Waals surface area contributed by atoms with Crippen molar-refractivity contribution in [1.29, 1.82) is 0 Å². The Balaban J connectivity index is 1.71. The largest absolute Gasteiger partial charge is 0.325 e. The van der Waals surface area contributed by atoms with Crippen molar-refractivity contribution in [3.05, 3.63) is 44.6 Å². The number of halogens is 2. The number of hydrogen-bond acceptors (Lipinski definition) is 5. The lowest BCUT2D eigenvalue weighted by atomic mass is 10.1. The van der Waals surface area contributed by atoms with E-state index >= 15 is 0 Å². The molecule has 0 aliphatic heterocycles. The maximum absolute atomic E-state index is 12.4. The van der Waals surface area contributed by atoms with E-state index in [1.54, 1.807) is 29.5 Å². The summed E-state index contributed by atoms with van der Waals surface area (Å²) in [5.74, 6) is 1.39. The predicted molar refractivity (Wildman–Crippen MR) is 124 cm³/mol. The summed E-state index contributed by atoms with van der Waals surface area (Å²) in [5.41, 5.74) is 1.65. The van der Waals surface area contributed by atoms with Gasteiger partial charge in [0.15, 0.2) is 11.0 Å². The second kappa shape index (κ2) is 9.98. The molecular weight excluding hydrogens is 447 g/mol. The molecule has 0 aliphatic carbocycles. The molecule has 0 unspecified atom stereocenters. The second-order valence-electron chi connectivity index (χ2n) is 6.85. The first-order valence-corrected chi connectivity index (χ1v) is 11.9. The van der Waals surface area contributed by atoms with Crippen LogP contribution in [0.15, 0.2) is 34.8 Å². The highest BCUT2D eigenvalue weighted by molar-refractivity contribution is 7.99. The minimum Gasteiger partial charge on any atom is -0.325 e. The Hall–Kier alpha value is -1.54. The predicted octanol–water partition coefficient (Wildman–Crippen LogP) is 6.58. The van der Waals surface area contributed by atoms with Crippen LogP contribution in [-0.2, 0) is 11.3 Å². The monoisotopic (exact) mass is 468 g/mol. The summed E-state index contributed by atoms with van der Waals surface area (Å²) in [4.78, 5) is 13.7. The smallest absolute Gasteiger partial charge is 0.234 e. The van der Waals surface area contributed by atoms with Crippen LogP contribution in [0, 0.1) is 0 Å². The summed E-state index contributed by atoms with van der Waals surface area (Å²) in [6.07, 6.45) is 0.951. The lowest BCUT2D eigenvalue weighted by molar-refractivity contribution is -0.113. The molecule has 2 heterocycles. The Morgan fingerprint density at radius 3 is 2.55 bits per heavy atom. The van der Waals surface area contributed by atoms with Crippen LogP contribution < -0.4 is 5.32 Å². The zero-order valence-corrected chi connectivity index (χ0v) is 19.6. The number of thioether (sulfide) groups is 1. The Labute approximate surface area is 188 Å². The number of thiophene rings is 1. The van der Waals surface area contributed by atoms with Crippen LogP contribution in [0.4, 0.5) is 5.69 Å². The molecule has 9 heteroatoms. The molecule has 29 heavy (non-hydrogen) atoms. The molecule has 0 bridgehead atoms. The van der Waals surface area contributed by atoms with Crippen LogP contribution in [0.1, 0.15) is 38.0 Å².